The van der Waals surface area contributed by atoms with Gasteiger partial charge < -0.3 is 9.84 Å². The monoisotopic (exact) mass is 434 g/mol. The van der Waals surface area contributed by atoms with Crippen molar-refractivity contribution < 1.29 is 9.84 Å². The highest BCUT2D eigenvalue weighted by molar-refractivity contribution is 7.08. The first-order valence-electron chi connectivity index (χ1n) is 11.0. The van der Waals surface area contributed by atoms with Crippen LogP contribution in [0.3, 0.4) is 0 Å². The second-order valence-electron chi connectivity index (χ2n) is 8.29. The van der Waals surface area contributed by atoms with Gasteiger partial charge in [0.15, 0.2) is 0 Å². The summed E-state index contributed by atoms with van der Waals surface area (Å²) < 4.78 is 5.40. The Labute approximate surface area is 188 Å². The fraction of sp³-hybridized carbons (Fsp3) is 0.423. The zero-order chi connectivity index (χ0) is 21.5. The summed E-state index contributed by atoms with van der Waals surface area (Å²) in [6, 6.07) is 10.3. The SMILES string of the molecule is COc1ccc2nccc(CCC[C@@H]3CCN(CC#Cc4ccsc4)C[C@@H]3CO)c2c1. The normalized spacial score (nSPS) is 19.2. The molecule has 0 aliphatic carbocycles. The molecule has 4 rings (SSSR count). The van der Waals surface area contributed by atoms with Gasteiger partial charge in [-0.05, 0) is 85.3 Å². The number of pyridine rings is 1. The number of benzene rings is 1. The minimum atomic E-state index is 0.258. The Kier molecular flexibility index (Phi) is 7.58. The zero-order valence-electron chi connectivity index (χ0n) is 18.1. The number of thiophene rings is 1. The van der Waals surface area contributed by atoms with Gasteiger partial charge in [-0.1, -0.05) is 11.8 Å². The molecular weight excluding hydrogens is 404 g/mol. The third kappa shape index (κ3) is 5.65. The second kappa shape index (κ2) is 10.8. The predicted molar refractivity (Wildman–Crippen MR) is 128 cm³/mol. The first-order valence-corrected chi connectivity index (χ1v) is 12.0. The van der Waals surface area contributed by atoms with Crippen LogP contribution in [0.4, 0.5) is 0 Å². The summed E-state index contributed by atoms with van der Waals surface area (Å²) >= 11 is 1.68. The molecule has 3 aromatic rings. The smallest absolute Gasteiger partial charge is 0.119 e. The highest BCUT2D eigenvalue weighted by Crippen LogP contribution is 2.29. The minimum Gasteiger partial charge on any atom is -0.497 e. The van der Waals surface area contributed by atoms with Crippen LogP contribution in [0.1, 0.15) is 30.4 Å². The molecular formula is C26H30N2O2S. The van der Waals surface area contributed by atoms with Gasteiger partial charge >= 0.3 is 0 Å². The van der Waals surface area contributed by atoms with Crippen molar-refractivity contribution in [2.75, 3.05) is 33.4 Å². The van der Waals surface area contributed by atoms with E-state index in [0.29, 0.717) is 11.8 Å². The van der Waals surface area contributed by atoms with Crippen molar-refractivity contribution in [2.45, 2.75) is 25.7 Å². The minimum absolute atomic E-state index is 0.258. The number of fused-ring (bicyclic) bond motifs is 1. The van der Waals surface area contributed by atoms with Gasteiger partial charge in [0.05, 0.1) is 19.2 Å². The number of likely N-dealkylation sites (tertiary alicyclic amines) is 1. The van der Waals surface area contributed by atoms with E-state index < -0.39 is 0 Å². The Balaban J connectivity index is 1.30. The molecule has 1 aliphatic heterocycles. The first kappa shape index (κ1) is 21.8. The molecule has 0 bridgehead atoms. The molecule has 2 atom stereocenters. The lowest BCUT2D eigenvalue weighted by Crippen LogP contribution is -2.42. The second-order valence-corrected chi connectivity index (χ2v) is 9.07. The number of aryl methyl sites for hydroxylation is 1. The van der Waals surface area contributed by atoms with Gasteiger partial charge in [-0.3, -0.25) is 9.88 Å². The van der Waals surface area contributed by atoms with Crippen LogP contribution >= 0.6 is 11.3 Å². The molecule has 1 fully saturated rings. The molecule has 5 heteroatoms. The molecule has 4 nitrogen and oxygen atoms in total. The van der Waals surface area contributed by atoms with Crippen molar-refractivity contribution in [1.29, 1.82) is 0 Å². The van der Waals surface area contributed by atoms with Gasteiger partial charge in [-0.2, -0.15) is 11.3 Å². The number of aliphatic hydroxyl groups excluding tert-OH is 1. The molecule has 0 radical (unpaired) electrons. The average molecular weight is 435 g/mol. The van der Waals surface area contributed by atoms with E-state index in [1.807, 2.05) is 18.3 Å². The highest BCUT2D eigenvalue weighted by atomic mass is 32.1. The quantitative estimate of drug-likeness (QED) is 0.552. The van der Waals surface area contributed by atoms with Crippen LogP contribution in [0.15, 0.2) is 47.3 Å². The predicted octanol–water partition coefficient (Wildman–Crippen LogP) is 4.61. The van der Waals surface area contributed by atoms with Gasteiger partial charge in [0.2, 0.25) is 0 Å². The van der Waals surface area contributed by atoms with Gasteiger partial charge in [-0.25, -0.2) is 0 Å². The van der Waals surface area contributed by atoms with Crippen LogP contribution in [0.25, 0.3) is 10.9 Å². The van der Waals surface area contributed by atoms with Crippen molar-refractivity contribution in [3.63, 3.8) is 0 Å². The summed E-state index contributed by atoms with van der Waals surface area (Å²) in [7, 11) is 1.70. The van der Waals surface area contributed by atoms with E-state index in [2.05, 4.69) is 50.7 Å². The Morgan fingerprint density at radius 2 is 2.19 bits per heavy atom. The summed E-state index contributed by atoms with van der Waals surface area (Å²) in [4.78, 5) is 6.87. The largest absolute Gasteiger partial charge is 0.497 e. The molecule has 0 spiro atoms. The number of piperidine rings is 1. The van der Waals surface area contributed by atoms with E-state index in [4.69, 9.17) is 4.74 Å². The van der Waals surface area contributed by atoms with E-state index in [9.17, 15) is 5.11 Å². The number of rotatable bonds is 7. The number of methoxy groups -OCH3 is 1. The standard InChI is InChI=1S/C26H30N2O2S/c1-30-24-7-8-26-25(16-24)22(9-12-27-26)6-2-5-21-10-14-28(17-23(21)18-29)13-3-4-20-11-15-31-19-20/h7-9,11-12,15-16,19,21,23,29H,2,5-6,10,13-14,17-18H2,1H3/t21-,23-/m1/s1. The third-order valence-corrected chi connectivity index (χ3v) is 7.01. The first-order chi connectivity index (χ1) is 15.3. The van der Waals surface area contributed by atoms with Gasteiger partial charge in [0.25, 0.3) is 0 Å². The van der Waals surface area contributed by atoms with Crippen molar-refractivity contribution in [3.8, 4) is 17.6 Å². The molecule has 3 heterocycles. The van der Waals surface area contributed by atoms with Crippen LogP contribution in [0.2, 0.25) is 0 Å². The summed E-state index contributed by atoms with van der Waals surface area (Å²) in [6.45, 7) is 3.04. The Morgan fingerprint density at radius 3 is 3.00 bits per heavy atom. The third-order valence-electron chi connectivity index (χ3n) is 6.33. The molecule has 1 aliphatic rings. The molecule has 0 amide bonds. The van der Waals surface area contributed by atoms with Crippen molar-refractivity contribution in [2.24, 2.45) is 11.8 Å². The number of ether oxygens (including phenoxy) is 1. The molecule has 0 saturated carbocycles. The lowest BCUT2D eigenvalue weighted by Gasteiger charge is -2.37. The van der Waals surface area contributed by atoms with Crippen LogP contribution < -0.4 is 4.74 Å². The van der Waals surface area contributed by atoms with Crippen LogP contribution in [0.5, 0.6) is 5.75 Å². The van der Waals surface area contributed by atoms with E-state index in [-0.39, 0.29) is 6.61 Å². The van der Waals surface area contributed by atoms with Crippen molar-refractivity contribution in [1.82, 2.24) is 9.88 Å². The van der Waals surface area contributed by atoms with Crippen LogP contribution in [0, 0.1) is 23.7 Å². The lowest BCUT2D eigenvalue weighted by molar-refractivity contribution is 0.0748. The summed E-state index contributed by atoms with van der Waals surface area (Å²) in [5, 5.41) is 15.3. The molecule has 2 aromatic heterocycles. The highest BCUT2D eigenvalue weighted by Gasteiger charge is 2.28. The van der Waals surface area contributed by atoms with E-state index in [1.54, 1.807) is 18.4 Å². The number of hydrogen-bond donors (Lipinski definition) is 1. The zero-order valence-corrected chi connectivity index (χ0v) is 18.9. The molecule has 1 saturated heterocycles. The molecule has 162 valence electrons. The summed E-state index contributed by atoms with van der Waals surface area (Å²) in [6.07, 6.45) is 6.33. The van der Waals surface area contributed by atoms with Crippen LogP contribution in [-0.4, -0.2) is 48.3 Å². The van der Waals surface area contributed by atoms with Crippen molar-refractivity contribution in [3.05, 3.63) is 58.4 Å². The van der Waals surface area contributed by atoms with E-state index in [1.165, 1.54) is 10.9 Å². The maximum atomic E-state index is 9.99. The van der Waals surface area contributed by atoms with Crippen molar-refractivity contribution >= 4 is 22.2 Å². The van der Waals surface area contributed by atoms with E-state index >= 15 is 0 Å². The fourth-order valence-corrected chi connectivity index (χ4v) is 5.15. The maximum absolute atomic E-state index is 9.99. The Bertz CT molecular complexity index is 1040. The van der Waals surface area contributed by atoms with Gasteiger partial charge in [-0.15, -0.1) is 0 Å². The molecule has 31 heavy (non-hydrogen) atoms. The molecule has 1 N–H and O–H groups in total. The van der Waals surface area contributed by atoms with Gasteiger partial charge in [0, 0.05) is 35.7 Å². The maximum Gasteiger partial charge on any atom is 0.119 e. The topological polar surface area (TPSA) is 45.6 Å². The fourth-order valence-electron chi connectivity index (χ4n) is 4.56. The molecule has 1 aromatic carbocycles. The van der Waals surface area contributed by atoms with E-state index in [0.717, 1.165) is 62.1 Å². The van der Waals surface area contributed by atoms with Gasteiger partial charge in [0.1, 0.15) is 5.75 Å². The number of aliphatic hydroxyl groups is 1. The summed E-state index contributed by atoms with van der Waals surface area (Å²) in [5.41, 5.74) is 3.44. The average Bonchev–Trinajstić information content (AvgIpc) is 3.33. The number of aromatic nitrogens is 1. The molecule has 0 unspecified atom stereocenters. The van der Waals surface area contributed by atoms with Crippen LogP contribution in [-0.2, 0) is 6.42 Å². The number of nitrogens with zero attached hydrogens (tertiary/aromatic N) is 2. The number of hydrogen-bond acceptors (Lipinski definition) is 5. The Morgan fingerprint density at radius 1 is 1.26 bits per heavy atom. The Hall–Kier alpha value is -2.39. The summed E-state index contributed by atoms with van der Waals surface area (Å²) in [5.74, 6) is 8.31. The lowest BCUT2D eigenvalue weighted by atomic mass is 9.82.